The average Bonchev–Trinajstić information content (AvgIpc) is 3.13. The van der Waals surface area contributed by atoms with E-state index in [1.807, 2.05) is 0 Å². The highest BCUT2D eigenvalue weighted by atomic mass is 32.2. The summed E-state index contributed by atoms with van der Waals surface area (Å²) in [5.41, 5.74) is 0. The van der Waals surface area contributed by atoms with Crippen LogP contribution in [0.2, 0.25) is 0 Å². The van der Waals surface area contributed by atoms with Gasteiger partial charge in [-0.05, 0) is 37.2 Å². The first kappa shape index (κ1) is 12.2. The van der Waals surface area contributed by atoms with Crippen molar-refractivity contribution in [2.24, 2.45) is 11.8 Å². The molecule has 1 aliphatic carbocycles. The van der Waals surface area contributed by atoms with Crippen LogP contribution in [-0.2, 0) is 9.84 Å². The van der Waals surface area contributed by atoms with Crippen molar-refractivity contribution >= 4 is 9.84 Å². The zero-order valence-corrected chi connectivity index (χ0v) is 10.4. The highest BCUT2D eigenvalue weighted by Crippen LogP contribution is 2.39. The Bertz CT molecular complexity index is 480. The van der Waals surface area contributed by atoms with Crippen molar-refractivity contribution < 1.29 is 8.42 Å². The molecule has 0 aromatic carbocycles. The molecule has 2 rings (SSSR count). The summed E-state index contributed by atoms with van der Waals surface area (Å²) < 4.78 is 24.2. The minimum atomic E-state index is -3.36. The van der Waals surface area contributed by atoms with Gasteiger partial charge in [0.05, 0.1) is 5.75 Å². The zero-order chi connectivity index (χ0) is 12.3. The van der Waals surface area contributed by atoms with E-state index in [0.29, 0.717) is 5.92 Å². The molecule has 1 heterocycles. The summed E-state index contributed by atoms with van der Waals surface area (Å²) in [5, 5.41) is -0.0605. The van der Waals surface area contributed by atoms with E-state index in [9.17, 15) is 8.42 Å². The van der Waals surface area contributed by atoms with Crippen molar-refractivity contribution in [3.05, 3.63) is 31.1 Å². The van der Waals surface area contributed by atoms with Crippen LogP contribution >= 0.6 is 0 Å². The molecule has 4 nitrogen and oxygen atoms in total. The molecule has 0 bridgehead atoms. The monoisotopic (exact) mass is 252 g/mol. The van der Waals surface area contributed by atoms with Gasteiger partial charge in [0.15, 0.2) is 0 Å². The predicted molar refractivity (Wildman–Crippen MR) is 65.1 cm³/mol. The van der Waals surface area contributed by atoms with Gasteiger partial charge in [-0.1, -0.05) is 6.08 Å². The maximum atomic E-state index is 12.1. The summed E-state index contributed by atoms with van der Waals surface area (Å²) >= 11 is 0. The Kier molecular flexibility index (Phi) is 3.57. The lowest BCUT2D eigenvalue weighted by Gasteiger charge is -2.13. The van der Waals surface area contributed by atoms with Crippen LogP contribution in [0.1, 0.15) is 19.3 Å². The molecule has 92 valence electrons. The second-order valence-electron chi connectivity index (χ2n) is 4.43. The van der Waals surface area contributed by atoms with E-state index >= 15 is 0 Å². The molecule has 1 fully saturated rings. The first-order valence-corrected chi connectivity index (χ1v) is 7.39. The van der Waals surface area contributed by atoms with Crippen LogP contribution in [-0.4, -0.2) is 24.1 Å². The third-order valence-electron chi connectivity index (χ3n) is 3.01. The van der Waals surface area contributed by atoms with E-state index in [0.717, 1.165) is 19.3 Å². The Balaban J connectivity index is 2.13. The molecular weight excluding hydrogens is 236 g/mol. The lowest BCUT2D eigenvalue weighted by Crippen LogP contribution is -2.19. The number of aromatic nitrogens is 2. The highest BCUT2D eigenvalue weighted by Gasteiger charge is 2.34. The zero-order valence-electron chi connectivity index (χ0n) is 9.62. The number of rotatable bonds is 6. The number of allylic oxidation sites excluding steroid dienone is 1. The largest absolute Gasteiger partial charge is 0.247 e. The van der Waals surface area contributed by atoms with Gasteiger partial charge >= 0.3 is 0 Å². The molecule has 1 atom stereocenters. The van der Waals surface area contributed by atoms with E-state index in [2.05, 4.69) is 16.5 Å². The molecule has 1 aromatic heterocycles. The minimum Gasteiger partial charge on any atom is -0.227 e. The molecule has 0 N–H and O–H groups in total. The highest BCUT2D eigenvalue weighted by molar-refractivity contribution is 7.91. The van der Waals surface area contributed by atoms with Gasteiger partial charge in [0.1, 0.15) is 0 Å². The molecule has 0 aliphatic heterocycles. The Labute approximate surface area is 102 Å². The maximum absolute atomic E-state index is 12.1. The number of nitrogens with zero attached hydrogens (tertiary/aromatic N) is 2. The lowest BCUT2D eigenvalue weighted by atomic mass is 10.0. The van der Waals surface area contributed by atoms with Gasteiger partial charge in [0.2, 0.25) is 15.0 Å². The quantitative estimate of drug-likeness (QED) is 0.572. The summed E-state index contributed by atoms with van der Waals surface area (Å²) in [5.74, 6) is 0.834. The van der Waals surface area contributed by atoms with Crippen molar-refractivity contribution in [2.45, 2.75) is 24.4 Å². The molecule has 17 heavy (non-hydrogen) atoms. The average molecular weight is 252 g/mol. The summed E-state index contributed by atoms with van der Waals surface area (Å²) in [7, 11) is -3.36. The van der Waals surface area contributed by atoms with Crippen LogP contribution in [0.4, 0.5) is 0 Å². The van der Waals surface area contributed by atoms with Gasteiger partial charge in [-0.2, -0.15) is 0 Å². The predicted octanol–water partition coefficient (Wildman–Crippen LogP) is 1.85. The Morgan fingerprint density at radius 1 is 1.41 bits per heavy atom. The Hall–Kier alpha value is -1.23. The number of hydrogen-bond donors (Lipinski definition) is 0. The normalized spacial score (nSPS) is 17.6. The van der Waals surface area contributed by atoms with Crippen LogP contribution in [0.15, 0.2) is 36.3 Å². The van der Waals surface area contributed by atoms with Crippen molar-refractivity contribution in [2.75, 3.05) is 5.75 Å². The third kappa shape index (κ3) is 3.12. The van der Waals surface area contributed by atoms with Crippen LogP contribution in [0, 0.1) is 11.8 Å². The van der Waals surface area contributed by atoms with Gasteiger partial charge in [-0.15, -0.1) is 6.58 Å². The molecule has 1 aromatic rings. The van der Waals surface area contributed by atoms with Gasteiger partial charge in [-0.3, -0.25) is 0 Å². The molecule has 0 unspecified atom stereocenters. The number of hydrogen-bond acceptors (Lipinski definition) is 4. The fourth-order valence-corrected chi connectivity index (χ4v) is 3.54. The molecule has 5 heteroatoms. The first-order chi connectivity index (χ1) is 8.13. The number of sulfone groups is 1. The SMILES string of the molecule is C=CC[C@H](CS(=O)(=O)c1ncccn1)C1CC1. The third-order valence-corrected chi connectivity index (χ3v) is 4.65. The van der Waals surface area contributed by atoms with Crippen LogP contribution < -0.4 is 0 Å². The van der Waals surface area contributed by atoms with Gasteiger partial charge in [0.25, 0.3) is 0 Å². The fraction of sp³-hybridized carbons (Fsp3) is 0.500. The van der Waals surface area contributed by atoms with E-state index in [4.69, 9.17) is 0 Å². The summed E-state index contributed by atoms with van der Waals surface area (Å²) in [6, 6.07) is 1.61. The van der Waals surface area contributed by atoms with E-state index in [-0.39, 0.29) is 16.8 Å². The van der Waals surface area contributed by atoms with Gasteiger partial charge in [-0.25, -0.2) is 18.4 Å². The van der Waals surface area contributed by atoms with Crippen LogP contribution in [0.25, 0.3) is 0 Å². The smallest absolute Gasteiger partial charge is 0.227 e. The second kappa shape index (κ2) is 4.96. The van der Waals surface area contributed by atoms with E-state index in [1.54, 1.807) is 12.1 Å². The molecule has 1 aliphatic rings. The first-order valence-electron chi connectivity index (χ1n) is 5.74. The van der Waals surface area contributed by atoms with E-state index in [1.165, 1.54) is 12.4 Å². The Morgan fingerprint density at radius 3 is 2.59 bits per heavy atom. The summed E-state index contributed by atoms with van der Waals surface area (Å²) in [6.07, 6.45) is 7.72. The summed E-state index contributed by atoms with van der Waals surface area (Å²) in [6.45, 7) is 3.69. The second-order valence-corrected chi connectivity index (χ2v) is 6.36. The molecule has 0 spiro atoms. The van der Waals surface area contributed by atoms with Crippen molar-refractivity contribution in [3.8, 4) is 0 Å². The molecule has 0 radical (unpaired) electrons. The topological polar surface area (TPSA) is 59.9 Å². The van der Waals surface area contributed by atoms with Crippen molar-refractivity contribution in [3.63, 3.8) is 0 Å². The molecular formula is C12H16N2O2S. The lowest BCUT2D eigenvalue weighted by molar-refractivity contribution is 0.500. The maximum Gasteiger partial charge on any atom is 0.247 e. The van der Waals surface area contributed by atoms with Gasteiger partial charge < -0.3 is 0 Å². The Morgan fingerprint density at radius 2 is 2.06 bits per heavy atom. The molecule has 1 saturated carbocycles. The standard InChI is InChI=1S/C12H16N2O2S/c1-2-4-11(10-5-6-10)9-17(15,16)12-13-7-3-8-14-12/h2-3,7-8,10-11H,1,4-6,9H2/t11-/m1/s1. The summed E-state index contributed by atoms with van der Waals surface area (Å²) in [4.78, 5) is 7.64. The fourth-order valence-electron chi connectivity index (χ4n) is 1.98. The molecule has 0 saturated heterocycles. The van der Waals surface area contributed by atoms with Crippen molar-refractivity contribution in [1.82, 2.24) is 9.97 Å². The van der Waals surface area contributed by atoms with Crippen LogP contribution in [0.3, 0.4) is 0 Å². The van der Waals surface area contributed by atoms with Gasteiger partial charge in [0, 0.05) is 12.4 Å². The minimum absolute atomic E-state index is 0.0605. The molecule has 0 amide bonds. The van der Waals surface area contributed by atoms with Crippen LogP contribution in [0.5, 0.6) is 0 Å². The van der Waals surface area contributed by atoms with Crippen molar-refractivity contribution in [1.29, 1.82) is 0 Å². The van der Waals surface area contributed by atoms with E-state index < -0.39 is 9.84 Å².